The molecule has 4 heterocycles. The zero-order chi connectivity index (χ0) is 19.3. The molecule has 0 saturated carbocycles. The van der Waals surface area contributed by atoms with Crippen molar-refractivity contribution in [1.29, 1.82) is 0 Å². The van der Waals surface area contributed by atoms with Crippen molar-refractivity contribution >= 4 is 10.9 Å². The smallest absolute Gasteiger partial charge is 0.125 e. The number of likely N-dealkylation sites (tertiary alicyclic amines) is 1. The molecule has 0 unspecified atom stereocenters. The summed E-state index contributed by atoms with van der Waals surface area (Å²) in [5.74, 6) is 1.92. The van der Waals surface area contributed by atoms with E-state index in [9.17, 15) is 5.11 Å². The lowest BCUT2D eigenvalue weighted by molar-refractivity contribution is 0.127. The highest BCUT2D eigenvalue weighted by atomic mass is 16.3. The van der Waals surface area contributed by atoms with Crippen LogP contribution in [-0.4, -0.2) is 56.3 Å². The Labute approximate surface area is 165 Å². The van der Waals surface area contributed by atoms with Crippen LogP contribution in [-0.2, 0) is 13.5 Å². The molecule has 2 saturated heterocycles. The molecule has 6 nitrogen and oxygen atoms in total. The van der Waals surface area contributed by atoms with Crippen molar-refractivity contribution in [1.82, 2.24) is 24.8 Å². The van der Waals surface area contributed by atoms with Crippen molar-refractivity contribution in [2.75, 3.05) is 26.2 Å². The van der Waals surface area contributed by atoms with E-state index < -0.39 is 0 Å². The van der Waals surface area contributed by atoms with E-state index in [1.54, 1.807) is 0 Å². The minimum absolute atomic E-state index is 0.131. The summed E-state index contributed by atoms with van der Waals surface area (Å²) in [7, 11) is 2.06. The molecule has 5 rings (SSSR count). The second-order valence-corrected chi connectivity index (χ2v) is 8.49. The highest BCUT2D eigenvalue weighted by molar-refractivity contribution is 5.83. The molecule has 2 aliphatic heterocycles. The van der Waals surface area contributed by atoms with Crippen molar-refractivity contribution in [2.24, 2.45) is 18.9 Å². The number of benzene rings is 1. The van der Waals surface area contributed by atoms with E-state index in [4.69, 9.17) is 0 Å². The number of nitrogens with one attached hydrogen (secondary N) is 2. The average Bonchev–Trinajstić information content (AvgIpc) is 3.47. The first-order chi connectivity index (χ1) is 13.6. The van der Waals surface area contributed by atoms with Gasteiger partial charge >= 0.3 is 0 Å². The number of hydrogen-bond donors (Lipinski definition) is 3. The van der Waals surface area contributed by atoms with Crippen molar-refractivity contribution in [2.45, 2.75) is 24.9 Å². The van der Waals surface area contributed by atoms with Crippen LogP contribution in [0, 0.1) is 11.8 Å². The van der Waals surface area contributed by atoms with Crippen LogP contribution in [0.15, 0.2) is 42.9 Å². The predicted octanol–water partition coefficient (Wildman–Crippen LogP) is 2.09. The molecule has 3 aromatic rings. The van der Waals surface area contributed by atoms with Gasteiger partial charge in [0.2, 0.25) is 0 Å². The van der Waals surface area contributed by atoms with Gasteiger partial charge < -0.3 is 19.6 Å². The highest BCUT2D eigenvalue weighted by Crippen LogP contribution is 2.48. The molecule has 2 fully saturated rings. The van der Waals surface area contributed by atoms with E-state index >= 15 is 0 Å². The number of aryl methyl sites for hydroxylation is 1. The summed E-state index contributed by atoms with van der Waals surface area (Å²) < 4.78 is 2.11. The molecular weight excluding hydrogens is 350 g/mol. The maximum Gasteiger partial charge on any atom is 0.125 e. The number of para-hydroxylation sites is 1. The SMILES string of the molecule is CCN1C[C@H]2[C@@H](c3nccn3C)N[C@](CO)(Cc3c[nH]c4ccccc34)[C@H]2C1. The highest BCUT2D eigenvalue weighted by Gasteiger charge is 2.57. The quantitative estimate of drug-likeness (QED) is 0.635. The largest absolute Gasteiger partial charge is 0.394 e. The lowest BCUT2D eigenvalue weighted by Gasteiger charge is -2.34. The molecule has 0 radical (unpaired) electrons. The molecule has 0 amide bonds. The number of aromatic nitrogens is 3. The number of aliphatic hydroxyl groups is 1. The number of nitrogens with zero attached hydrogens (tertiary/aromatic N) is 3. The van der Waals surface area contributed by atoms with E-state index in [0.717, 1.165) is 37.4 Å². The van der Waals surface area contributed by atoms with Gasteiger partial charge in [-0.1, -0.05) is 25.1 Å². The Morgan fingerprint density at radius 1 is 1.29 bits per heavy atom. The Morgan fingerprint density at radius 2 is 2.14 bits per heavy atom. The van der Waals surface area contributed by atoms with Gasteiger partial charge in [-0.15, -0.1) is 0 Å². The summed E-state index contributed by atoms with van der Waals surface area (Å²) in [5, 5.41) is 15.8. The number of fused-ring (bicyclic) bond motifs is 2. The monoisotopic (exact) mass is 379 g/mol. The molecule has 4 atom stereocenters. The third-order valence-corrected chi connectivity index (χ3v) is 7.07. The van der Waals surface area contributed by atoms with Gasteiger partial charge in [0.05, 0.1) is 18.2 Å². The van der Waals surface area contributed by atoms with Gasteiger partial charge in [0.1, 0.15) is 5.82 Å². The molecule has 0 spiro atoms. The Kier molecular flexibility index (Phi) is 4.30. The Balaban J connectivity index is 1.54. The van der Waals surface area contributed by atoms with Gasteiger partial charge in [-0.05, 0) is 30.5 Å². The van der Waals surface area contributed by atoms with Gasteiger partial charge in [0.25, 0.3) is 0 Å². The van der Waals surface area contributed by atoms with Gasteiger partial charge in [-0.25, -0.2) is 4.98 Å². The van der Waals surface area contributed by atoms with Crippen LogP contribution in [0.1, 0.15) is 24.4 Å². The fourth-order valence-corrected chi connectivity index (χ4v) is 5.57. The molecule has 2 aliphatic rings. The lowest BCUT2D eigenvalue weighted by Crippen LogP contribution is -2.52. The normalized spacial score (nSPS) is 30.3. The summed E-state index contributed by atoms with van der Waals surface area (Å²) in [6.45, 7) is 5.49. The minimum Gasteiger partial charge on any atom is -0.394 e. The minimum atomic E-state index is -0.337. The van der Waals surface area contributed by atoms with Crippen molar-refractivity contribution in [3.8, 4) is 0 Å². The summed E-state index contributed by atoms with van der Waals surface area (Å²) in [5.41, 5.74) is 2.09. The Morgan fingerprint density at radius 3 is 2.89 bits per heavy atom. The first-order valence-electron chi connectivity index (χ1n) is 10.3. The second kappa shape index (κ2) is 6.72. The van der Waals surface area contributed by atoms with Crippen LogP contribution in [0.25, 0.3) is 10.9 Å². The third-order valence-electron chi connectivity index (χ3n) is 7.07. The number of rotatable bonds is 5. The van der Waals surface area contributed by atoms with Gasteiger partial charge in [-0.3, -0.25) is 5.32 Å². The Hall–Kier alpha value is -2.15. The molecule has 3 N–H and O–H groups in total. The summed E-state index contributed by atoms with van der Waals surface area (Å²) in [4.78, 5) is 10.6. The summed E-state index contributed by atoms with van der Waals surface area (Å²) >= 11 is 0. The molecule has 0 aliphatic carbocycles. The Bertz CT molecular complexity index is 978. The van der Waals surface area contributed by atoms with Crippen LogP contribution in [0.3, 0.4) is 0 Å². The van der Waals surface area contributed by atoms with Crippen LogP contribution in [0.4, 0.5) is 0 Å². The van der Waals surface area contributed by atoms with E-state index in [2.05, 4.69) is 69.2 Å². The molecular formula is C22H29N5O. The van der Waals surface area contributed by atoms with Crippen molar-refractivity contribution in [3.05, 3.63) is 54.2 Å². The fraction of sp³-hybridized carbons (Fsp3) is 0.500. The third kappa shape index (κ3) is 2.63. The zero-order valence-electron chi connectivity index (χ0n) is 16.6. The molecule has 28 heavy (non-hydrogen) atoms. The first-order valence-corrected chi connectivity index (χ1v) is 10.3. The van der Waals surface area contributed by atoms with E-state index in [0.29, 0.717) is 11.8 Å². The number of aliphatic hydroxyl groups excluding tert-OH is 1. The second-order valence-electron chi connectivity index (χ2n) is 8.49. The van der Waals surface area contributed by atoms with Crippen LogP contribution in [0.5, 0.6) is 0 Å². The van der Waals surface area contributed by atoms with Gasteiger partial charge in [-0.2, -0.15) is 0 Å². The summed E-state index contributed by atoms with van der Waals surface area (Å²) in [6.07, 6.45) is 6.81. The van der Waals surface area contributed by atoms with Crippen LogP contribution in [0.2, 0.25) is 0 Å². The van der Waals surface area contributed by atoms with Crippen LogP contribution < -0.4 is 5.32 Å². The van der Waals surface area contributed by atoms with E-state index in [1.807, 2.05) is 12.4 Å². The maximum absolute atomic E-state index is 10.7. The molecule has 2 aromatic heterocycles. The van der Waals surface area contributed by atoms with Crippen LogP contribution >= 0.6 is 0 Å². The topological polar surface area (TPSA) is 69.1 Å². The van der Waals surface area contributed by atoms with E-state index in [1.165, 1.54) is 10.9 Å². The lowest BCUT2D eigenvalue weighted by atomic mass is 9.77. The maximum atomic E-state index is 10.7. The van der Waals surface area contributed by atoms with Gasteiger partial charge in [0.15, 0.2) is 0 Å². The predicted molar refractivity (Wildman–Crippen MR) is 110 cm³/mol. The zero-order valence-corrected chi connectivity index (χ0v) is 16.6. The van der Waals surface area contributed by atoms with Crippen molar-refractivity contribution in [3.63, 3.8) is 0 Å². The number of aromatic amines is 1. The molecule has 0 bridgehead atoms. The number of imidazole rings is 1. The molecule has 148 valence electrons. The fourth-order valence-electron chi connectivity index (χ4n) is 5.57. The number of H-pyrrole nitrogens is 1. The van der Waals surface area contributed by atoms with Crippen molar-refractivity contribution < 1.29 is 5.11 Å². The van der Waals surface area contributed by atoms with E-state index in [-0.39, 0.29) is 18.2 Å². The number of hydrogen-bond acceptors (Lipinski definition) is 4. The molecule has 6 heteroatoms. The molecule has 1 aromatic carbocycles. The average molecular weight is 380 g/mol. The summed E-state index contributed by atoms with van der Waals surface area (Å²) in [6, 6.07) is 8.59. The first kappa shape index (κ1) is 17.9. The van der Waals surface area contributed by atoms with Gasteiger partial charge in [0, 0.05) is 55.5 Å². The standard InChI is InChI=1S/C22H29N5O/c1-3-27-12-17-18(13-27)22(14-28,25-20(17)21-23-8-9-26(21)2)10-15-11-24-19-7-5-4-6-16(15)19/h4-9,11,17-18,20,24-25,28H,3,10,12-14H2,1-2H3/t17-,18+,20+,22+/m1/s1.